The standard InChI is InChI=1S/C14H20N2O3S/c1-14(2,3)10-20(18,19)16-8-11-6-4-5-7-12(11)15-13(17)9-16/h4-7H,8-10H2,1-3H3,(H,15,17). The van der Waals surface area contributed by atoms with Crippen LogP contribution < -0.4 is 5.32 Å². The van der Waals surface area contributed by atoms with E-state index < -0.39 is 10.0 Å². The molecule has 20 heavy (non-hydrogen) atoms. The molecule has 110 valence electrons. The Hall–Kier alpha value is -1.40. The van der Waals surface area contributed by atoms with E-state index in [4.69, 9.17) is 0 Å². The average Bonchev–Trinajstić information content (AvgIpc) is 2.44. The summed E-state index contributed by atoms with van der Waals surface area (Å²) >= 11 is 0. The molecule has 0 spiro atoms. The third-order valence-electron chi connectivity index (χ3n) is 2.97. The molecule has 5 nitrogen and oxygen atoms in total. The van der Waals surface area contributed by atoms with Gasteiger partial charge in [0.15, 0.2) is 0 Å². The van der Waals surface area contributed by atoms with E-state index in [1.165, 1.54) is 4.31 Å². The lowest BCUT2D eigenvalue weighted by atomic mass is 10.0. The lowest BCUT2D eigenvalue weighted by Crippen LogP contribution is -2.39. The van der Waals surface area contributed by atoms with Crippen molar-refractivity contribution in [2.75, 3.05) is 17.6 Å². The third kappa shape index (κ3) is 3.58. The lowest BCUT2D eigenvalue weighted by molar-refractivity contribution is -0.116. The third-order valence-corrected chi connectivity index (χ3v) is 5.24. The molecule has 6 heteroatoms. The zero-order chi connectivity index (χ0) is 15.0. The van der Waals surface area contributed by atoms with Crippen LogP contribution in [-0.2, 0) is 21.4 Å². The number of sulfonamides is 1. The first-order chi connectivity index (χ1) is 9.17. The molecule has 1 aliphatic rings. The first-order valence-electron chi connectivity index (χ1n) is 6.53. The summed E-state index contributed by atoms with van der Waals surface area (Å²) in [4.78, 5) is 11.9. The number of hydrogen-bond donors (Lipinski definition) is 1. The average molecular weight is 296 g/mol. The fraction of sp³-hybridized carbons (Fsp3) is 0.500. The molecule has 1 heterocycles. The highest BCUT2D eigenvalue weighted by atomic mass is 32.2. The Morgan fingerprint density at radius 2 is 1.85 bits per heavy atom. The number of carbonyl (C=O) groups excluding carboxylic acids is 1. The summed E-state index contributed by atoms with van der Waals surface area (Å²) in [5, 5.41) is 2.74. The molecule has 0 saturated carbocycles. The molecule has 1 aromatic carbocycles. The molecule has 1 N–H and O–H groups in total. The van der Waals surface area contributed by atoms with Gasteiger partial charge in [0, 0.05) is 12.2 Å². The number of nitrogens with one attached hydrogen (secondary N) is 1. The number of hydrogen-bond acceptors (Lipinski definition) is 3. The number of rotatable bonds is 2. The fourth-order valence-electron chi connectivity index (χ4n) is 2.21. The van der Waals surface area contributed by atoms with E-state index in [1.807, 2.05) is 39.0 Å². The van der Waals surface area contributed by atoms with Gasteiger partial charge in [0.1, 0.15) is 0 Å². The first-order valence-corrected chi connectivity index (χ1v) is 8.14. The molecule has 0 unspecified atom stereocenters. The molecule has 1 aliphatic heterocycles. The summed E-state index contributed by atoms with van der Waals surface area (Å²) in [6.45, 7) is 5.71. The minimum Gasteiger partial charge on any atom is -0.325 e. The summed E-state index contributed by atoms with van der Waals surface area (Å²) in [6, 6.07) is 7.27. The highest BCUT2D eigenvalue weighted by Gasteiger charge is 2.31. The number of para-hydroxylation sites is 1. The number of amides is 1. The predicted molar refractivity (Wildman–Crippen MR) is 78.7 cm³/mol. The van der Waals surface area contributed by atoms with Crippen LogP contribution in [0.15, 0.2) is 24.3 Å². The molecular formula is C14H20N2O3S. The van der Waals surface area contributed by atoms with Crippen LogP contribution in [0.25, 0.3) is 0 Å². The smallest absolute Gasteiger partial charge is 0.239 e. The van der Waals surface area contributed by atoms with Crippen molar-refractivity contribution in [1.29, 1.82) is 0 Å². The van der Waals surface area contributed by atoms with Gasteiger partial charge in [-0.3, -0.25) is 4.79 Å². The monoisotopic (exact) mass is 296 g/mol. The van der Waals surface area contributed by atoms with Crippen molar-refractivity contribution >= 4 is 21.6 Å². The van der Waals surface area contributed by atoms with E-state index in [9.17, 15) is 13.2 Å². The van der Waals surface area contributed by atoms with Crippen LogP contribution in [0.5, 0.6) is 0 Å². The summed E-state index contributed by atoms with van der Waals surface area (Å²) in [5.74, 6) is -0.275. The largest absolute Gasteiger partial charge is 0.325 e. The Morgan fingerprint density at radius 1 is 1.20 bits per heavy atom. The summed E-state index contributed by atoms with van der Waals surface area (Å²) < 4.78 is 26.2. The van der Waals surface area contributed by atoms with Crippen LogP contribution in [0.3, 0.4) is 0 Å². The van der Waals surface area contributed by atoms with Gasteiger partial charge >= 0.3 is 0 Å². The number of carbonyl (C=O) groups is 1. The van der Waals surface area contributed by atoms with E-state index >= 15 is 0 Å². The summed E-state index contributed by atoms with van der Waals surface area (Å²) in [6.07, 6.45) is 0. The van der Waals surface area contributed by atoms with Gasteiger partial charge in [0.05, 0.1) is 12.3 Å². The van der Waals surface area contributed by atoms with Crippen molar-refractivity contribution in [3.63, 3.8) is 0 Å². The topological polar surface area (TPSA) is 66.5 Å². The number of anilines is 1. The normalized spacial score (nSPS) is 17.2. The Balaban J connectivity index is 2.32. The second-order valence-electron chi connectivity index (χ2n) is 6.29. The van der Waals surface area contributed by atoms with Crippen molar-refractivity contribution in [3.8, 4) is 0 Å². The molecule has 1 aromatic rings. The molecule has 0 aliphatic carbocycles. The Bertz CT molecular complexity index is 618. The van der Waals surface area contributed by atoms with Crippen LogP contribution >= 0.6 is 0 Å². The maximum absolute atomic E-state index is 12.5. The highest BCUT2D eigenvalue weighted by Crippen LogP contribution is 2.25. The van der Waals surface area contributed by atoms with E-state index in [0.717, 1.165) is 5.56 Å². The van der Waals surface area contributed by atoms with Gasteiger partial charge in [-0.05, 0) is 17.0 Å². The molecule has 0 aromatic heterocycles. The van der Waals surface area contributed by atoms with Gasteiger partial charge in [-0.1, -0.05) is 39.0 Å². The van der Waals surface area contributed by atoms with Gasteiger partial charge in [-0.25, -0.2) is 8.42 Å². The number of benzene rings is 1. The fourth-order valence-corrected chi connectivity index (χ4v) is 4.14. The summed E-state index contributed by atoms with van der Waals surface area (Å²) in [5.41, 5.74) is 1.16. The minimum absolute atomic E-state index is 0.0233. The van der Waals surface area contributed by atoms with Crippen molar-refractivity contribution in [3.05, 3.63) is 29.8 Å². The minimum atomic E-state index is -3.47. The van der Waals surface area contributed by atoms with E-state index in [2.05, 4.69) is 5.32 Å². The molecule has 2 rings (SSSR count). The number of fused-ring (bicyclic) bond motifs is 1. The van der Waals surface area contributed by atoms with Crippen molar-refractivity contribution < 1.29 is 13.2 Å². The second kappa shape index (κ2) is 5.18. The molecule has 0 atom stereocenters. The van der Waals surface area contributed by atoms with Gasteiger partial charge in [-0.2, -0.15) is 4.31 Å². The van der Waals surface area contributed by atoms with Gasteiger partial charge in [0.25, 0.3) is 0 Å². The molecule has 0 fully saturated rings. The van der Waals surface area contributed by atoms with Crippen molar-refractivity contribution in [2.24, 2.45) is 5.41 Å². The molecule has 0 bridgehead atoms. The van der Waals surface area contributed by atoms with Gasteiger partial charge < -0.3 is 5.32 Å². The van der Waals surface area contributed by atoms with Crippen molar-refractivity contribution in [2.45, 2.75) is 27.3 Å². The van der Waals surface area contributed by atoms with Gasteiger partial charge in [0.2, 0.25) is 15.9 Å². The van der Waals surface area contributed by atoms with E-state index in [-0.39, 0.29) is 30.2 Å². The second-order valence-corrected chi connectivity index (χ2v) is 8.26. The van der Waals surface area contributed by atoms with Gasteiger partial charge in [-0.15, -0.1) is 0 Å². The molecule has 1 amide bonds. The number of nitrogens with zero attached hydrogens (tertiary/aromatic N) is 1. The Kier molecular flexibility index (Phi) is 3.88. The lowest BCUT2D eigenvalue weighted by Gasteiger charge is -2.25. The van der Waals surface area contributed by atoms with Crippen molar-refractivity contribution in [1.82, 2.24) is 4.31 Å². The Labute approximate surface area is 120 Å². The van der Waals surface area contributed by atoms with Crippen LogP contribution in [0.2, 0.25) is 0 Å². The first kappa shape index (κ1) is 15.0. The molecule has 0 radical (unpaired) electrons. The SMILES string of the molecule is CC(C)(C)CS(=O)(=O)N1CC(=O)Nc2ccccc2C1. The zero-order valence-corrected chi connectivity index (χ0v) is 12.8. The Morgan fingerprint density at radius 3 is 2.50 bits per heavy atom. The highest BCUT2D eigenvalue weighted by molar-refractivity contribution is 7.89. The van der Waals surface area contributed by atoms with E-state index in [1.54, 1.807) is 6.07 Å². The quantitative estimate of drug-likeness (QED) is 0.905. The van der Waals surface area contributed by atoms with E-state index in [0.29, 0.717) is 5.69 Å². The van der Waals surface area contributed by atoms with Crippen LogP contribution in [0.4, 0.5) is 5.69 Å². The molecular weight excluding hydrogens is 276 g/mol. The maximum atomic E-state index is 12.5. The molecule has 0 saturated heterocycles. The maximum Gasteiger partial charge on any atom is 0.239 e. The summed E-state index contributed by atoms with van der Waals surface area (Å²) in [7, 11) is -3.47. The zero-order valence-electron chi connectivity index (χ0n) is 12.0. The van der Waals surface area contributed by atoms with Crippen LogP contribution in [0, 0.1) is 5.41 Å². The predicted octanol–water partition coefficient (Wildman–Crippen LogP) is 1.82. The van der Waals surface area contributed by atoms with Crippen LogP contribution in [-0.4, -0.2) is 30.9 Å². The van der Waals surface area contributed by atoms with Crippen LogP contribution in [0.1, 0.15) is 26.3 Å².